The number of hydrogen-bond acceptors (Lipinski definition) is 2. The molecule has 3 atom stereocenters. The molecule has 0 aromatic heterocycles. The molecule has 1 saturated carbocycles. The highest BCUT2D eigenvalue weighted by molar-refractivity contribution is 5.41. The van der Waals surface area contributed by atoms with Gasteiger partial charge in [0.25, 0.3) is 0 Å². The van der Waals surface area contributed by atoms with Gasteiger partial charge in [0, 0.05) is 5.69 Å². The van der Waals surface area contributed by atoms with Crippen LogP contribution in [0, 0.1) is 5.92 Å². The average molecular weight is 177 g/mol. The Morgan fingerprint density at radius 1 is 1.38 bits per heavy atom. The molecule has 1 aliphatic rings. The normalized spacial score (nSPS) is 28.5. The lowest BCUT2D eigenvalue weighted by atomic mass is 10.1. The Kier molecular flexibility index (Phi) is 2.00. The smallest absolute Gasteiger partial charge is 0.0546 e. The van der Waals surface area contributed by atoms with Crippen LogP contribution in [-0.4, -0.2) is 11.2 Å². The van der Waals surface area contributed by atoms with E-state index in [1.165, 1.54) is 5.56 Å². The van der Waals surface area contributed by atoms with E-state index < -0.39 is 0 Å². The lowest BCUT2D eigenvalue weighted by molar-refractivity contribution is 0.169. The molecular weight excluding hydrogens is 162 g/mol. The third kappa shape index (κ3) is 1.68. The summed E-state index contributed by atoms with van der Waals surface area (Å²) in [6, 6.07) is 7.96. The Labute approximate surface area is 78.4 Å². The number of hydrogen-bond donors (Lipinski definition) is 2. The van der Waals surface area contributed by atoms with E-state index >= 15 is 0 Å². The molecule has 1 aromatic rings. The van der Waals surface area contributed by atoms with Crippen molar-refractivity contribution in [2.45, 2.75) is 25.4 Å². The van der Waals surface area contributed by atoms with Crippen molar-refractivity contribution in [3.8, 4) is 0 Å². The van der Waals surface area contributed by atoms with E-state index in [1.54, 1.807) is 0 Å². The predicted octanol–water partition coefficient (Wildman–Crippen LogP) is 1.75. The maximum absolute atomic E-state index is 9.35. The quantitative estimate of drug-likeness (QED) is 0.676. The van der Waals surface area contributed by atoms with Gasteiger partial charge in [0.15, 0.2) is 0 Å². The zero-order valence-electron chi connectivity index (χ0n) is 7.77. The highest BCUT2D eigenvalue weighted by Gasteiger charge is 2.41. The molecule has 1 aromatic carbocycles. The molecule has 3 N–H and O–H groups in total. The molecular formula is C11H15NO. The van der Waals surface area contributed by atoms with Gasteiger partial charge in [-0.3, -0.25) is 0 Å². The van der Waals surface area contributed by atoms with Crippen molar-refractivity contribution in [2.24, 2.45) is 5.92 Å². The summed E-state index contributed by atoms with van der Waals surface area (Å²) < 4.78 is 0. The van der Waals surface area contributed by atoms with Gasteiger partial charge in [-0.05, 0) is 42.9 Å². The number of anilines is 1. The second-order valence-electron chi connectivity index (χ2n) is 3.91. The summed E-state index contributed by atoms with van der Waals surface area (Å²) in [6.45, 7) is 1.86. The highest BCUT2D eigenvalue weighted by Crippen LogP contribution is 2.49. The molecule has 0 radical (unpaired) electrons. The zero-order chi connectivity index (χ0) is 9.42. The Hall–Kier alpha value is -1.02. The van der Waals surface area contributed by atoms with Crippen LogP contribution in [0.5, 0.6) is 0 Å². The molecule has 0 bridgehead atoms. The van der Waals surface area contributed by atoms with Crippen molar-refractivity contribution in [1.82, 2.24) is 0 Å². The SMILES string of the molecule is C[C@H](O)[C@@H]1C[C@@H]1c1ccc(N)cc1. The molecule has 0 heterocycles. The average Bonchev–Trinajstić information content (AvgIpc) is 2.85. The van der Waals surface area contributed by atoms with Gasteiger partial charge in [0.05, 0.1) is 6.10 Å². The number of rotatable bonds is 2. The Bertz CT molecular complexity index is 291. The van der Waals surface area contributed by atoms with Gasteiger partial charge in [-0.25, -0.2) is 0 Å². The zero-order valence-corrected chi connectivity index (χ0v) is 7.77. The van der Waals surface area contributed by atoms with Gasteiger partial charge in [-0.1, -0.05) is 12.1 Å². The molecule has 0 spiro atoms. The van der Waals surface area contributed by atoms with Crippen LogP contribution in [0.3, 0.4) is 0 Å². The van der Waals surface area contributed by atoms with Gasteiger partial charge < -0.3 is 10.8 Å². The Balaban J connectivity index is 2.08. The van der Waals surface area contributed by atoms with Crippen LogP contribution >= 0.6 is 0 Å². The van der Waals surface area contributed by atoms with Crippen molar-refractivity contribution in [3.05, 3.63) is 29.8 Å². The van der Waals surface area contributed by atoms with Crippen molar-refractivity contribution in [1.29, 1.82) is 0 Å². The second kappa shape index (κ2) is 3.04. The van der Waals surface area contributed by atoms with Gasteiger partial charge in [0.2, 0.25) is 0 Å². The van der Waals surface area contributed by atoms with Crippen LogP contribution in [0.1, 0.15) is 24.8 Å². The van der Waals surface area contributed by atoms with Crippen molar-refractivity contribution >= 4 is 5.69 Å². The van der Waals surface area contributed by atoms with Crippen molar-refractivity contribution in [2.75, 3.05) is 5.73 Å². The lowest BCUT2D eigenvalue weighted by Crippen LogP contribution is -2.03. The monoisotopic (exact) mass is 177 g/mol. The number of nitrogen functional groups attached to an aromatic ring is 1. The minimum Gasteiger partial charge on any atom is -0.399 e. The molecule has 2 heteroatoms. The van der Waals surface area contributed by atoms with Crippen LogP contribution < -0.4 is 5.73 Å². The Morgan fingerprint density at radius 3 is 2.46 bits per heavy atom. The van der Waals surface area contributed by atoms with Crippen LogP contribution in [0.2, 0.25) is 0 Å². The first-order valence-electron chi connectivity index (χ1n) is 4.72. The summed E-state index contributed by atoms with van der Waals surface area (Å²) in [5.74, 6) is 1.02. The number of aliphatic hydroxyl groups is 1. The topological polar surface area (TPSA) is 46.2 Å². The van der Waals surface area contributed by atoms with Crippen LogP contribution in [-0.2, 0) is 0 Å². The summed E-state index contributed by atoms with van der Waals surface area (Å²) in [6.07, 6.45) is 0.934. The summed E-state index contributed by atoms with van der Waals surface area (Å²) in [5, 5.41) is 9.35. The number of nitrogens with two attached hydrogens (primary N) is 1. The third-order valence-electron chi connectivity index (χ3n) is 2.82. The number of aliphatic hydroxyl groups excluding tert-OH is 1. The third-order valence-corrected chi connectivity index (χ3v) is 2.82. The first kappa shape index (κ1) is 8.57. The predicted molar refractivity (Wildman–Crippen MR) is 53.4 cm³/mol. The molecule has 0 amide bonds. The standard InChI is InChI=1S/C11H15NO/c1-7(13)10-6-11(10)8-2-4-9(12)5-3-8/h2-5,7,10-11,13H,6,12H2,1H3/t7-,10-,11+/m0/s1. The first-order chi connectivity index (χ1) is 6.18. The van der Waals surface area contributed by atoms with Gasteiger partial charge in [-0.15, -0.1) is 0 Å². The minimum atomic E-state index is -0.178. The highest BCUT2D eigenvalue weighted by atomic mass is 16.3. The summed E-state index contributed by atoms with van der Waals surface area (Å²) in [5.41, 5.74) is 7.70. The van der Waals surface area contributed by atoms with Crippen LogP contribution in [0.4, 0.5) is 5.69 Å². The van der Waals surface area contributed by atoms with E-state index in [9.17, 15) is 5.11 Å². The molecule has 2 rings (SSSR count). The maximum Gasteiger partial charge on any atom is 0.0546 e. The van der Waals surface area contributed by atoms with E-state index in [2.05, 4.69) is 12.1 Å². The fraction of sp³-hybridized carbons (Fsp3) is 0.455. The largest absolute Gasteiger partial charge is 0.399 e. The van der Waals surface area contributed by atoms with Gasteiger partial charge in [-0.2, -0.15) is 0 Å². The van der Waals surface area contributed by atoms with E-state index in [0.29, 0.717) is 11.8 Å². The van der Waals surface area contributed by atoms with Crippen LogP contribution in [0.15, 0.2) is 24.3 Å². The number of benzene rings is 1. The molecule has 0 unspecified atom stereocenters. The molecule has 2 nitrogen and oxygen atoms in total. The summed E-state index contributed by atoms with van der Waals surface area (Å²) >= 11 is 0. The lowest BCUT2D eigenvalue weighted by Gasteiger charge is -2.03. The summed E-state index contributed by atoms with van der Waals surface area (Å²) in [7, 11) is 0. The minimum absolute atomic E-state index is 0.178. The van der Waals surface area contributed by atoms with E-state index in [1.807, 2.05) is 19.1 Å². The van der Waals surface area contributed by atoms with E-state index in [4.69, 9.17) is 5.73 Å². The van der Waals surface area contributed by atoms with E-state index in [-0.39, 0.29) is 6.10 Å². The Morgan fingerprint density at radius 2 is 2.00 bits per heavy atom. The fourth-order valence-electron chi connectivity index (χ4n) is 1.87. The molecule has 70 valence electrons. The second-order valence-corrected chi connectivity index (χ2v) is 3.91. The maximum atomic E-state index is 9.35. The van der Waals surface area contributed by atoms with Gasteiger partial charge >= 0.3 is 0 Å². The van der Waals surface area contributed by atoms with Crippen molar-refractivity contribution < 1.29 is 5.11 Å². The van der Waals surface area contributed by atoms with Crippen LogP contribution in [0.25, 0.3) is 0 Å². The molecule has 1 fully saturated rings. The van der Waals surface area contributed by atoms with Crippen molar-refractivity contribution in [3.63, 3.8) is 0 Å². The van der Waals surface area contributed by atoms with E-state index in [0.717, 1.165) is 12.1 Å². The molecule has 0 aliphatic heterocycles. The molecule has 13 heavy (non-hydrogen) atoms. The molecule has 1 aliphatic carbocycles. The fourth-order valence-corrected chi connectivity index (χ4v) is 1.87. The van der Waals surface area contributed by atoms with Gasteiger partial charge in [0.1, 0.15) is 0 Å². The first-order valence-corrected chi connectivity index (χ1v) is 4.72. The molecule has 0 saturated heterocycles. The summed E-state index contributed by atoms with van der Waals surface area (Å²) in [4.78, 5) is 0.